The predicted molar refractivity (Wildman–Crippen MR) is 71.4 cm³/mol. The number of nitrogens with one attached hydrogen (secondary N) is 1. The van der Waals surface area contributed by atoms with E-state index >= 15 is 0 Å². The van der Waals surface area contributed by atoms with Crippen molar-refractivity contribution in [1.29, 1.82) is 0 Å². The Morgan fingerprint density at radius 1 is 1.53 bits per heavy atom. The summed E-state index contributed by atoms with van der Waals surface area (Å²) in [5.74, 6) is 1.43. The van der Waals surface area contributed by atoms with Crippen LogP contribution in [0, 0.1) is 6.92 Å². The first-order valence-corrected chi connectivity index (χ1v) is 6.62. The summed E-state index contributed by atoms with van der Waals surface area (Å²) in [5.41, 5.74) is 1.03. The molecule has 1 aliphatic rings. The molecule has 1 saturated heterocycles. The Hall–Kier alpha value is -1.56. The minimum absolute atomic E-state index is 0.0170. The van der Waals surface area contributed by atoms with Crippen molar-refractivity contribution in [3.63, 3.8) is 0 Å². The summed E-state index contributed by atoms with van der Waals surface area (Å²) in [4.78, 5) is 13.5. The highest BCUT2D eigenvalue weighted by Crippen LogP contribution is 2.29. The van der Waals surface area contributed by atoms with Gasteiger partial charge >= 0.3 is 5.97 Å². The molecule has 1 N–H and O–H groups in total. The number of hydrogen-bond acceptors (Lipinski definition) is 6. The number of esters is 1. The minimum Gasteiger partial charge on any atom is -0.469 e. The number of ether oxygens (including phenoxy) is 1. The van der Waals surface area contributed by atoms with Crippen molar-refractivity contribution in [3.8, 4) is 0 Å². The van der Waals surface area contributed by atoms with E-state index < -0.39 is 0 Å². The molecule has 6 heteroatoms. The number of aromatic nitrogens is 1. The molecule has 0 saturated carbocycles. The highest BCUT2D eigenvalue weighted by atomic mass is 16.5. The first-order chi connectivity index (χ1) is 9.13. The van der Waals surface area contributed by atoms with Crippen molar-refractivity contribution in [1.82, 2.24) is 10.5 Å². The minimum atomic E-state index is -0.230. The molecule has 1 aromatic heterocycles. The van der Waals surface area contributed by atoms with Gasteiger partial charge in [0.1, 0.15) is 5.76 Å². The molecule has 1 unspecified atom stereocenters. The van der Waals surface area contributed by atoms with E-state index in [-0.39, 0.29) is 11.9 Å². The van der Waals surface area contributed by atoms with Crippen LogP contribution in [0.15, 0.2) is 4.52 Å². The number of nitrogens with zero attached hydrogens (tertiary/aromatic N) is 2. The van der Waals surface area contributed by atoms with Crippen molar-refractivity contribution in [3.05, 3.63) is 11.3 Å². The molecular formula is C13H21N3O3. The fourth-order valence-corrected chi connectivity index (χ4v) is 2.40. The van der Waals surface area contributed by atoms with Gasteiger partial charge in [0.25, 0.3) is 0 Å². The lowest BCUT2D eigenvalue weighted by Gasteiger charge is -2.27. The molecule has 19 heavy (non-hydrogen) atoms. The lowest BCUT2D eigenvalue weighted by Crippen LogP contribution is -2.43. The van der Waals surface area contributed by atoms with Gasteiger partial charge in [0.2, 0.25) is 0 Å². The van der Waals surface area contributed by atoms with Crippen molar-refractivity contribution in [2.45, 2.75) is 26.2 Å². The summed E-state index contributed by atoms with van der Waals surface area (Å²) < 4.78 is 10.1. The highest BCUT2D eigenvalue weighted by Gasteiger charge is 2.24. The summed E-state index contributed by atoms with van der Waals surface area (Å²) >= 11 is 0. The molecule has 2 rings (SSSR count). The molecule has 0 radical (unpaired) electrons. The third-order valence-electron chi connectivity index (χ3n) is 3.50. The van der Waals surface area contributed by atoms with E-state index in [9.17, 15) is 4.79 Å². The summed E-state index contributed by atoms with van der Waals surface area (Å²) in [5, 5.41) is 7.47. The van der Waals surface area contributed by atoms with Crippen LogP contribution in [-0.4, -0.2) is 44.4 Å². The van der Waals surface area contributed by atoms with Crippen LogP contribution >= 0.6 is 0 Å². The predicted octanol–water partition coefficient (Wildman–Crippen LogP) is 1.06. The normalized spacial score (nSPS) is 17.3. The average molecular weight is 267 g/mol. The van der Waals surface area contributed by atoms with Gasteiger partial charge in [-0.15, -0.1) is 0 Å². The topological polar surface area (TPSA) is 67.6 Å². The number of piperazine rings is 1. The Labute approximate surface area is 113 Å². The lowest BCUT2D eigenvalue weighted by molar-refractivity contribution is -0.141. The fourth-order valence-electron chi connectivity index (χ4n) is 2.40. The van der Waals surface area contributed by atoms with Crippen LogP contribution in [0.2, 0.25) is 0 Å². The maximum atomic E-state index is 11.3. The number of methoxy groups -OCH3 is 1. The van der Waals surface area contributed by atoms with Crippen LogP contribution in [-0.2, 0) is 9.53 Å². The van der Waals surface area contributed by atoms with Crippen LogP contribution in [0.4, 0.5) is 5.82 Å². The summed E-state index contributed by atoms with van der Waals surface area (Å²) in [7, 11) is 1.40. The van der Waals surface area contributed by atoms with Crippen LogP contribution < -0.4 is 10.2 Å². The number of carbonyl (C=O) groups is 1. The zero-order valence-electron chi connectivity index (χ0n) is 11.7. The van der Waals surface area contributed by atoms with Gasteiger partial charge in [-0.25, -0.2) is 0 Å². The van der Waals surface area contributed by atoms with Gasteiger partial charge in [-0.1, -0.05) is 12.1 Å². The van der Waals surface area contributed by atoms with E-state index in [2.05, 4.69) is 20.1 Å². The number of hydrogen-bond donors (Lipinski definition) is 1. The Morgan fingerprint density at radius 2 is 2.21 bits per heavy atom. The standard InChI is InChI=1S/C13H21N3O3/c1-9(8-11(17)18-3)12-10(2)13(15-19-12)16-6-4-14-5-7-16/h9,14H,4-8H2,1-3H3. The first-order valence-electron chi connectivity index (χ1n) is 6.62. The summed E-state index contributed by atoms with van der Waals surface area (Å²) in [6, 6.07) is 0. The molecule has 0 aromatic carbocycles. The van der Waals surface area contributed by atoms with E-state index in [0.717, 1.165) is 43.3 Å². The second-order valence-corrected chi connectivity index (χ2v) is 4.91. The van der Waals surface area contributed by atoms with Gasteiger partial charge in [0.15, 0.2) is 5.82 Å². The van der Waals surface area contributed by atoms with Crippen molar-refractivity contribution < 1.29 is 14.1 Å². The molecule has 1 aromatic rings. The SMILES string of the molecule is COC(=O)CC(C)c1onc(N2CCNCC2)c1C. The molecular weight excluding hydrogens is 246 g/mol. The number of anilines is 1. The van der Waals surface area contributed by atoms with Gasteiger partial charge in [0, 0.05) is 37.7 Å². The van der Waals surface area contributed by atoms with Gasteiger partial charge in [-0.05, 0) is 6.92 Å². The second kappa shape index (κ2) is 6.06. The van der Waals surface area contributed by atoms with Gasteiger partial charge in [0.05, 0.1) is 13.5 Å². The fraction of sp³-hybridized carbons (Fsp3) is 0.692. The maximum absolute atomic E-state index is 11.3. The number of rotatable bonds is 4. The van der Waals surface area contributed by atoms with Crippen LogP contribution in [0.25, 0.3) is 0 Å². The van der Waals surface area contributed by atoms with Crippen LogP contribution in [0.3, 0.4) is 0 Å². The van der Waals surface area contributed by atoms with Crippen molar-refractivity contribution in [2.75, 3.05) is 38.2 Å². The van der Waals surface area contributed by atoms with E-state index in [1.807, 2.05) is 13.8 Å². The van der Waals surface area contributed by atoms with Gasteiger partial charge in [-0.3, -0.25) is 4.79 Å². The van der Waals surface area contributed by atoms with Crippen molar-refractivity contribution >= 4 is 11.8 Å². The molecule has 2 heterocycles. The van der Waals surface area contributed by atoms with Crippen LogP contribution in [0.1, 0.15) is 30.6 Å². The Kier molecular flexibility index (Phi) is 4.42. The largest absolute Gasteiger partial charge is 0.469 e. The second-order valence-electron chi connectivity index (χ2n) is 4.91. The number of carbonyl (C=O) groups excluding carboxylic acids is 1. The average Bonchev–Trinajstić information content (AvgIpc) is 2.81. The quantitative estimate of drug-likeness (QED) is 0.823. The third-order valence-corrected chi connectivity index (χ3v) is 3.50. The van der Waals surface area contributed by atoms with Crippen LogP contribution in [0.5, 0.6) is 0 Å². The Bertz CT molecular complexity index is 438. The molecule has 0 aliphatic carbocycles. The first kappa shape index (κ1) is 13.9. The highest BCUT2D eigenvalue weighted by molar-refractivity contribution is 5.70. The third kappa shape index (κ3) is 3.07. The van der Waals surface area contributed by atoms with E-state index in [1.165, 1.54) is 7.11 Å². The maximum Gasteiger partial charge on any atom is 0.306 e. The molecule has 1 aliphatic heterocycles. The van der Waals surface area contributed by atoms with E-state index in [4.69, 9.17) is 4.52 Å². The smallest absolute Gasteiger partial charge is 0.306 e. The van der Waals surface area contributed by atoms with Gasteiger partial charge in [-0.2, -0.15) is 0 Å². The monoisotopic (exact) mass is 267 g/mol. The zero-order chi connectivity index (χ0) is 13.8. The zero-order valence-corrected chi connectivity index (χ0v) is 11.7. The summed E-state index contributed by atoms with van der Waals surface area (Å²) in [6.07, 6.45) is 0.313. The molecule has 6 nitrogen and oxygen atoms in total. The van der Waals surface area contributed by atoms with E-state index in [1.54, 1.807) is 0 Å². The Morgan fingerprint density at radius 3 is 2.84 bits per heavy atom. The molecule has 0 amide bonds. The Balaban J connectivity index is 2.10. The molecule has 0 spiro atoms. The lowest BCUT2D eigenvalue weighted by atomic mass is 10.0. The molecule has 0 bridgehead atoms. The van der Waals surface area contributed by atoms with Gasteiger partial charge < -0.3 is 19.5 Å². The molecule has 1 atom stereocenters. The molecule has 106 valence electrons. The molecule has 1 fully saturated rings. The van der Waals surface area contributed by atoms with Crippen molar-refractivity contribution in [2.24, 2.45) is 0 Å². The summed E-state index contributed by atoms with van der Waals surface area (Å²) in [6.45, 7) is 7.72. The van der Waals surface area contributed by atoms with E-state index in [0.29, 0.717) is 6.42 Å².